The second-order valence-electron chi connectivity index (χ2n) is 5.47. The van der Waals surface area contributed by atoms with Crippen LogP contribution in [0.25, 0.3) is 0 Å². The predicted octanol–water partition coefficient (Wildman–Crippen LogP) is 3.34. The summed E-state index contributed by atoms with van der Waals surface area (Å²) in [5.41, 5.74) is 2.17. The number of phenols is 1. The number of benzene rings is 2. The molecular weight excluding hydrogens is 350 g/mol. The predicted molar refractivity (Wildman–Crippen MR) is 101 cm³/mol. The number of esters is 1. The molecule has 0 bridgehead atoms. The Morgan fingerprint density at radius 2 is 1.89 bits per heavy atom. The van der Waals surface area contributed by atoms with Crippen LogP contribution in [0.15, 0.2) is 36.4 Å². The maximum Gasteiger partial charge on any atom is 0.341 e. The summed E-state index contributed by atoms with van der Waals surface area (Å²) in [7, 11) is 1.28. The summed E-state index contributed by atoms with van der Waals surface area (Å²) in [6.45, 7) is 5.67. The van der Waals surface area contributed by atoms with E-state index in [1.165, 1.54) is 20.1 Å². The zero-order chi connectivity index (χ0) is 20.4. The molecule has 0 saturated carbocycles. The van der Waals surface area contributed by atoms with Gasteiger partial charge in [-0.3, -0.25) is 9.59 Å². The van der Waals surface area contributed by atoms with Gasteiger partial charge in [0.2, 0.25) is 6.41 Å². The number of ether oxygens (including phenoxy) is 2. The van der Waals surface area contributed by atoms with E-state index >= 15 is 0 Å². The summed E-state index contributed by atoms with van der Waals surface area (Å²) < 4.78 is 9.76. The fourth-order valence-corrected chi connectivity index (χ4v) is 2.13. The van der Waals surface area contributed by atoms with Gasteiger partial charge < -0.3 is 19.9 Å². The Bertz CT molecular complexity index is 816. The lowest BCUT2D eigenvalue weighted by atomic mass is 10.1. The van der Waals surface area contributed by atoms with Gasteiger partial charge in [0, 0.05) is 5.56 Å². The molecule has 2 rings (SSSR count). The molecule has 2 aromatic carbocycles. The highest BCUT2D eigenvalue weighted by Crippen LogP contribution is 2.25. The van der Waals surface area contributed by atoms with Gasteiger partial charge in [-0.1, -0.05) is 11.6 Å². The molecule has 0 unspecified atom stereocenters. The first-order chi connectivity index (χ1) is 12.8. The van der Waals surface area contributed by atoms with Crippen molar-refractivity contribution in [2.24, 2.45) is 0 Å². The van der Waals surface area contributed by atoms with Crippen molar-refractivity contribution in [1.82, 2.24) is 0 Å². The fourth-order valence-electron chi connectivity index (χ4n) is 2.13. The van der Waals surface area contributed by atoms with Crippen molar-refractivity contribution >= 4 is 23.9 Å². The SMILES string of the molecule is CCOc1ccc(C(C)=O)cc1NC=O.COC(=O)c1cc(C)ccc1O. The van der Waals surface area contributed by atoms with E-state index in [0.717, 1.165) is 5.56 Å². The van der Waals surface area contributed by atoms with Crippen molar-refractivity contribution < 1.29 is 29.0 Å². The molecule has 0 fully saturated rings. The average molecular weight is 373 g/mol. The van der Waals surface area contributed by atoms with Gasteiger partial charge in [0.25, 0.3) is 0 Å². The Morgan fingerprint density at radius 1 is 1.19 bits per heavy atom. The lowest BCUT2D eigenvalue weighted by molar-refractivity contribution is -0.105. The molecule has 0 aliphatic rings. The number of phenolic OH excluding ortho intramolecular Hbond substituents is 1. The van der Waals surface area contributed by atoms with Crippen LogP contribution in [0, 0.1) is 6.92 Å². The number of ketones is 1. The highest BCUT2D eigenvalue weighted by atomic mass is 16.5. The third kappa shape index (κ3) is 6.47. The highest BCUT2D eigenvalue weighted by Gasteiger charge is 2.10. The van der Waals surface area contributed by atoms with Crippen LogP contribution in [0.2, 0.25) is 0 Å². The number of anilines is 1. The van der Waals surface area contributed by atoms with Gasteiger partial charge in [0.1, 0.15) is 17.1 Å². The van der Waals surface area contributed by atoms with Crippen LogP contribution in [-0.2, 0) is 9.53 Å². The minimum atomic E-state index is -0.517. The number of rotatable bonds is 6. The number of hydrogen-bond donors (Lipinski definition) is 2. The molecule has 2 aromatic rings. The Kier molecular flexibility index (Phi) is 8.51. The van der Waals surface area contributed by atoms with Gasteiger partial charge in [0.05, 0.1) is 19.4 Å². The molecule has 0 spiro atoms. The van der Waals surface area contributed by atoms with Crippen molar-refractivity contribution in [2.45, 2.75) is 20.8 Å². The molecule has 144 valence electrons. The first-order valence-corrected chi connectivity index (χ1v) is 8.19. The van der Waals surface area contributed by atoms with Crippen LogP contribution in [0.4, 0.5) is 5.69 Å². The van der Waals surface area contributed by atoms with Crippen molar-refractivity contribution in [3.8, 4) is 11.5 Å². The van der Waals surface area contributed by atoms with E-state index in [1.807, 2.05) is 13.8 Å². The number of aryl methyl sites for hydroxylation is 1. The quantitative estimate of drug-likeness (QED) is 0.457. The van der Waals surface area contributed by atoms with Gasteiger partial charge in [-0.15, -0.1) is 0 Å². The number of amides is 1. The average Bonchev–Trinajstić information content (AvgIpc) is 2.65. The molecule has 0 atom stereocenters. The second-order valence-corrected chi connectivity index (χ2v) is 5.47. The summed E-state index contributed by atoms with van der Waals surface area (Å²) in [5, 5.41) is 11.7. The van der Waals surface area contributed by atoms with E-state index in [9.17, 15) is 19.5 Å². The Morgan fingerprint density at radius 3 is 2.44 bits per heavy atom. The fraction of sp³-hybridized carbons (Fsp3) is 0.250. The summed E-state index contributed by atoms with van der Waals surface area (Å²) in [6, 6.07) is 9.72. The Balaban J connectivity index is 0.000000277. The summed E-state index contributed by atoms with van der Waals surface area (Å²) in [6.07, 6.45) is 0.557. The molecular formula is C20H23NO6. The zero-order valence-electron chi connectivity index (χ0n) is 15.7. The number of hydrogen-bond acceptors (Lipinski definition) is 6. The molecule has 1 amide bonds. The standard InChI is InChI=1S/C11H13NO3.C9H10O3/c1-3-15-11-5-4-9(8(2)14)6-10(11)12-7-13;1-6-3-4-8(10)7(5-6)9(11)12-2/h4-7H,3H2,1-2H3,(H,12,13);3-5,10H,1-2H3. The van der Waals surface area contributed by atoms with Crippen LogP contribution in [0.3, 0.4) is 0 Å². The van der Waals surface area contributed by atoms with E-state index < -0.39 is 5.97 Å². The van der Waals surface area contributed by atoms with E-state index in [1.54, 1.807) is 30.3 Å². The van der Waals surface area contributed by atoms with Crippen molar-refractivity contribution in [3.63, 3.8) is 0 Å². The van der Waals surface area contributed by atoms with E-state index in [0.29, 0.717) is 30.0 Å². The van der Waals surface area contributed by atoms with Crippen LogP contribution >= 0.6 is 0 Å². The zero-order valence-corrected chi connectivity index (χ0v) is 15.7. The molecule has 0 heterocycles. The van der Waals surface area contributed by atoms with E-state index in [4.69, 9.17) is 4.74 Å². The maximum atomic E-state index is 11.1. The third-order valence-corrected chi connectivity index (χ3v) is 3.46. The lowest BCUT2D eigenvalue weighted by Crippen LogP contribution is -2.02. The topological polar surface area (TPSA) is 102 Å². The molecule has 0 aromatic heterocycles. The molecule has 0 aliphatic carbocycles. The largest absolute Gasteiger partial charge is 0.507 e. The van der Waals surface area contributed by atoms with Gasteiger partial charge in [-0.25, -0.2) is 4.79 Å². The van der Waals surface area contributed by atoms with Gasteiger partial charge in [-0.2, -0.15) is 0 Å². The number of Topliss-reactive ketones (excluding diaryl/α,β-unsaturated/α-hetero) is 1. The van der Waals surface area contributed by atoms with E-state index in [2.05, 4.69) is 10.1 Å². The first kappa shape index (κ1) is 21.7. The lowest BCUT2D eigenvalue weighted by Gasteiger charge is -2.09. The second kappa shape index (κ2) is 10.6. The van der Waals surface area contributed by atoms with Gasteiger partial charge >= 0.3 is 5.97 Å². The number of carbonyl (C=O) groups is 3. The number of aromatic hydroxyl groups is 1. The van der Waals surface area contributed by atoms with Crippen LogP contribution in [0.5, 0.6) is 11.5 Å². The minimum Gasteiger partial charge on any atom is -0.507 e. The van der Waals surface area contributed by atoms with Crippen LogP contribution < -0.4 is 10.1 Å². The van der Waals surface area contributed by atoms with Crippen LogP contribution in [-0.4, -0.2) is 37.0 Å². The normalized spacial score (nSPS) is 9.48. The molecule has 7 heteroatoms. The van der Waals surface area contributed by atoms with Gasteiger partial charge in [-0.05, 0) is 51.1 Å². The highest BCUT2D eigenvalue weighted by molar-refractivity contribution is 5.96. The van der Waals surface area contributed by atoms with Crippen LogP contribution in [0.1, 0.15) is 40.1 Å². The summed E-state index contributed by atoms with van der Waals surface area (Å²) in [5.74, 6) is -0.0507. The number of methoxy groups -OCH3 is 1. The molecule has 0 radical (unpaired) electrons. The number of nitrogens with one attached hydrogen (secondary N) is 1. The smallest absolute Gasteiger partial charge is 0.341 e. The maximum absolute atomic E-state index is 11.1. The van der Waals surface area contributed by atoms with Gasteiger partial charge in [0.15, 0.2) is 5.78 Å². The Labute approximate surface area is 157 Å². The number of carbonyl (C=O) groups excluding carboxylic acids is 3. The molecule has 27 heavy (non-hydrogen) atoms. The van der Waals surface area contributed by atoms with E-state index in [-0.39, 0.29) is 17.1 Å². The molecule has 7 nitrogen and oxygen atoms in total. The molecule has 0 saturated heterocycles. The van der Waals surface area contributed by atoms with Crippen molar-refractivity contribution in [2.75, 3.05) is 19.0 Å². The molecule has 0 aliphatic heterocycles. The third-order valence-electron chi connectivity index (χ3n) is 3.46. The monoisotopic (exact) mass is 373 g/mol. The summed E-state index contributed by atoms with van der Waals surface area (Å²) >= 11 is 0. The first-order valence-electron chi connectivity index (χ1n) is 8.19. The van der Waals surface area contributed by atoms with Crippen molar-refractivity contribution in [3.05, 3.63) is 53.1 Å². The minimum absolute atomic E-state index is 0.0487. The summed E-state index contributed by atoms with van der Waals surface area (Å²) in [4.78, 5) is 32.5. The molecule has 2 N–H and O–H groups in total. The van der Waals surface area contributed by atoms with Crippen molar-refractivity contribution in [1.29, 1.82) is 0 Å². The Hall–Kier alpha value is -3.35.